The zero-order valence-electron chi connectivity index (χ0n) is 10.9. The summed E-state index contributed by atoms with van der Waals surface area (Å²) in [5, 5.41) is 3.19. The fraction of sp³-hybridized carbons (Fsp3) is 0.909. The molecule has 0 fully saturated rings. The minimum absolute atomic E-state index is 0.00194. The molecule has 0 heterocycles. The van der Waals surface area contributed by atoms with Crippen LogP contribution in [0.15, 0.2) is 0 Å². The normalized spacial score (nSPS) is 11.9. The highest BCUT2D eigenvalue weighted by Gasteiger charge is 2.13. The lowest BCUT2D eigenvalue weighted by atomic mass is 10.1. The Morgan fingerprint density at radius 1 is 1.13 bits per heavy atom. The van der Waals surface area contributed by atoms with E-state index >= 15 is 0 Å². The first-order valence-electron chi connectivity index (χ1n) is 5.36. The van der Waals surface area contributed by atoms with Crippen molar-refractivity contribution in [1.29, 1.82) is 0 Å². The maximum atomic E-state index is 11.6. The molecule has 0 aromatic carbocycles. The van der Waals surface area contributed by atoms with Crippen molar-refractivity contribution in [3.63, 3.8) is 0 Å². The van der Waals surface area contributed by atoms with Crippen molar-refractivity contribution in [2.45, 2.75) is 26.3 Å². The predicted molar refractivity (Wildman–Crippen MR) is 63.9 cm³/mol. The summed E-state index contributed by atoms with van der Waals surface area (Å²) in [6.45, 7) is 8.25. The second-order valence-electron chi connectivity index (χ2n) is 5.22. The lowest BCUT2D eigenvalue weighted by molar-refractivity contribution is -0.129. The Balaban J connectivity index is 3.80. The van der Waals surface area contributed by atoms with Crippen molar-refractivity contribution in [3.8, 4) is 0 Å². The van der Waals surface area contributed by atoms with E-state index in [1.165, 1.54) is 0 Å². The molecule has 0 radical (unpaired) electrons. The van der Waals surface area contributed by atoms with E-state index in [9.17, 15) is 4.79 Å². The van der Waals surface area contributed by atoms with Gasteiger partial charge in [-0.05, 0) is 34.9 Å². The molecule has 1 N–H and O–H groups in total. The molecule has 0 aliphatic carbocycles. The zero-order valence-corrected chi connectivity index (χ0v) is 10.9. The molecule has 0 rings (SSSR count). The van der Waals surface area contributed by atoms with Crippen LogP contribution >= 0.6 is 0 Å². The third-order valence-electron chi connectivity index (χ3n) is 2.08. The lowest BCUT2D eigenvalue weighted by Crippen LogP contribution is -2.45. The highest BCUT2D eigenvalue weighted by Crippen LogP contribution is 1.97. The van der Waals surface area contributed by atoms with Gasteiger partial charge in [0.15, 0.2) is 0 Å². The number of likely N-dealkylation sites (N-methyl/N-ethyl adjacent to an activating group) is 2. The van der Waals surface area contributed by atoms with E-state index in [-0.39, 0.29) is 11.4 Å². The van der Waals surface area contributed by atoms with Gasteiger partial charge in [0.05, 0.1) is 6.54 Å². The topological polar surface area (TPSA) is 35.6 Å². The minimum Gasteiger partial charge on any atom is -0.343 e. The molecule has 15 heavy (non-hydrogen) atoms. The van der Waals surface area contributed by atoms with Gasteiger partial charge in [-0.15, -0.1) is 0 Å². The van der Waals surface area contributed by atoms with Crippen molar-refractivity contribution >= 4 is 5.91 Å². The Morgan fingerprint density at radius 3 is 2.07 bits per heavy atom. The van der Waals surface area contributed by atoms with E-state index in [4.69, 9.17) is 0 Å². The Morgan fingerprint density at radius 2 is 1.67 bits per heavy atom. The number of hydrogen-bond acceptors (Lipinski definition) is 3. The summed E-state index contributed by atoms with van der Waals surface area (Å²) < 4.78 is 0. The summed E-state index contributed by atoms with van der Waals surface area (Å²) in [6, 6.07) is 0. The molecule has 0 aromatic rings. The number of hydrogen-bond donors (Lipinski definition) is 1. The molecular formula is C11H25N3O. The largest absolute Gasteiger partial charge is 0.343 e. The van der Waals surface area contributed by atoms with Crippen LogP contribution in [-0.2, 0) is 4.79 Å². The van der Waals surface area contributed by atoms with E-state index in [0.717, 1.165) is 13.1 Å². The van der Waals surface area contributed by atoms with Gasteiger partial charge >= 0.3 is 0 Å². The van der Waals surface area contributed by atoms with Crippen molar-refractivity contribution < 1.29 is 4.79 Å². The van der Waals surface area contributed by atoms with Crippen LogP contribution in [0.4, 0.5) is 0 Å². The van der Waals surface area contributed by atoms with Crippen LogP contribution in [0, 0.1) is 0 Å². The van der Waals surface area contributed by atoms with E-state index in [2.05, 4.69) is 31.0 Å². The molecule has 4 nitrogen and oxygen atoms in total. The number of rotatable bonds is 5. The number of carbonyl (C=O) groups excluding carboxylic acids is 1. The first-order valence-corrected chi connectivity index (χ1v) is 5.36. The van der Waals surface area contributed by atoms with Crippen molar-refractivity contribution in [1.82, 2.24) is 15.1 Å². The van der Waals surface area contributed by atoms with Crippen LogP contribution < -0.4 is 5.32 Å². The minimum atomic E-state index is -0.00194. The maximum Gasteiger partial charge on any atom is 0.236 e. The van der Waals surface area contributed by atoms with Gasteiger partial charge in [0.25, 0.3) is 0 Å². The van der Waals surface area contributed by atoms with Gasteiger partial charge in [0.2, 0.25) is 5.91 Å². The molecule has 0 atom stereocenters. The first-order chi connectivity index (χ1) is 6.72. The highest BCUT2D eigenvalue weighted by molar-refractivity contribution is 5.78. The average Bonchev–Trinajstić information content (AvgIpc) is 2.08. The first kappa shape index (κ1) is 14.4. The Bertz CT molecular complexity index is 196. The third-order valence-corrected chi connectivity index (χ3v) is 2.08. The van der Waals surface area contributed by atoms with E-state index in [0.29, 0.717) is 6.54 Å². The molecule has 0 aliphatic rings. The highest BCUT2D eigenvalue weighted by atomic mass is 16.2. The summed E-state index contributed by atoms with van der Waals surface area (Å²) in [5.74, 6) is 0.145. The predicted octanol–water partition coefficient (Wildman–Crippen LogP) is 0.395. The molecule has 0 aromatic heterocycles. The molecule has 0 aliphatic heterocycles. The average molecular weight is 215 g/mol. The van der Waals surface area contributed by atoms with Crippen LogP contribution in [0.1, 0.15) is 20.8 Å². The maximum absolute atomic E-state index is 11.6. The second kappa shape index (κ2) is 6.08. The van der Waals surface area contributed by atoms with E-state index in [1.54, 1.807) is 4.90 Å². The standard InChI is InChI=1S/C11H25N3O/c1-11(2,3)12-9-10(15)14(6)8-7-13(4)5/h12H,7-9H2,1-6H3. The molecule has 90 valence electrons. The van der Waals surface area contributed by atoms with Gasteiger partial charge in [-0.1, -0.05) is 0 Å². The fourth-order valence-corrected chi connectivity index (χ4v) is 0.950. The van der Waals surface area contributed by atoms with Gasteiger partial charge in [0, 0.05) is 25.7 Å². The second-order valence-corrected chi connectivity index (χ2v) is 5.22. The molecule has 0 spiro atoms. The van der Waals surface area contributed by atoms with Gasteiger partial charge in [-0.3, -0.25) is 4.79 Å². The molecular weight excluding hydrogens is 190 g/mol. The molecule has 0 saturated heterocycles. The van der Waals surface area contributed by atoms with E-state index < -0.39 is 0 Å². The Labute approximate surface area is 93.6 Å². The summed E-state index contributed by atoms with van der Waals surface area (Å²) in [5.41, 5.74) is -0.00194. The van der Waals surface area contributed by atoms with Gasteiger partial charge in [-0.2, -0.15) is 0 Å². The van der Waals surface area contributed by atoms with Crippen LogP contribution in [-0.4, -0.2) is 62.0 Å². The van der Waals surface area contributed by atoms with Gasteiger partial charge in [0.1, 0.15) is 0 Å². The summed E-state index contributed by atoms with van der Waals surface area (Å²) in [4.78, 5) is 15.5. The van der Waals surface area contributed by atoms with Crippen LogP contribution in [0.2, 0.25) is 0 Å². The summed E-state index contributed by atoms with van der Waals surface area (Å²) in [6.07, 6.45) is 0. The fourth-order valence-electron chi connectivity index (χ4n) is 0.950. The molecule has 0 unspecified atom stereocenters. The van der Waals surface area contributed by atoms with Crippen LogP contribution in [0.5, 0.6) is 0 Å². The smallest absolute Gasteiger partial charge is 0.236 e. The molecule has 0 bridgehead atoms. The third kappa shape index (κ3) is 8.39. The number of nitrogens with zero attached hydrogens (tertiary/aromatic N) is 2. The Hall–Kier alpha value is -0.610. The molecule has 4 heteroatoms. The summed E-state index contributed by atoms with van der Waals surface area (Å²) in [7, 11) is 5.85. The number of nitrogens with one attached hydrogen (secondary N) is 1. The number of carbonyl (C=O) groups is 1. The van der Waals surface area contributed by atoms with E-state index in [1.807, 2.05) is 21.1 Å². The SMILES string of the molecule is CN(C)CCN(C)C(=O)CNC(C)(C)C. The van der Waals surface area contributed by atoms with Crippen LogP contribution in [0.25, 0.3) is 0 Å². The summed E-state index contributed by atoms with van der Waals surface area (Å²) >= 11 is 0. The van der Waals surface area contributed by atoms with Crippen molar-refractivity contribution in [3.05, 3.63) is 0 Å². The monoisotopic (exact) mass is 215 g/mol. The molecule has 1 amide bonds. The Kier molecular flexibility index (Phi) is 5.83. The van der Waals surface area contributed by atoms with Crippen molar-refractivity contribution in [2.75, 3.05) is 40.8 Å². The van der Waals surface area contributed by atoms with Gasteiger partial charge in [-0.25, -0.2) is 0 Å². The quantitative estimate of drug-likeness (QED) is 0.721. The van der Waals surface area contributed by atoms with Crippen molar-refractivity contribution in [2.24, 2.45) is 0 Å². The van der Waals surface area contributed by atoms with Gasteiger partial charge < -0.3 is 15.1 Å². The lowest BCUT2D eigenvalue weighted by Gasteiger charge is -2.24. The molecule has 0 saturated carbocycles. The zero-order chi connectivity index (χ0) is 12.1. The van der Waals surface area contributed by atoms with Crippen LogP contribution in [0.3, 0.4) is 0 Å². The number of amides is 1.